The average Bonchev–Trinajstić information content (AvgIpc) is 2.63. The van der Waals surface area contributed by atoms with Gasteiger partial charge in [0.1, 0.15) is 0 Å². The van der Waals surface area contributed by atoms with E-state index in [9.17, 15) is 0 Å². The highest BCUT2D eigenvalue weighted by atomic mass is 14.1. The number of hydrogen-bond donors (Lipinski definition) is 0. The van der Waals surface area contributed by atoms with Crippen LogP contribution in [0, 0.1) is 17.8 Å². The molecule has 0 aromatic rings. The van der Waals surface area contributed by atoms with Gasteiger partial charge in [-0.2, -0.15) is 0 Å². The van der Waals surface area contributed by atoms with Gasteiger partial charge < -0.3 is 0 Å². The average molecular weight is 367 g/mol. The molecule has 0 aromatic carbocycles. The fourth-order valence-corrected chi connectivity index (χ4v) is 4.10. The summed E-state index contributed by atoms with van der Waals surface area (Å²) >= 11 is 0. The maximum Gasteiger partial charge on any atom is -0.0443 e. The van der Waals surface area contributed by atoms with Gasteiger partial charge in [0, 0.05) is 0 Å². The van der Waals surface area contributed by atoms with Crippen molar-refractivity contribution in [1.29, 1.82) is 0 Å². The maximum absolute atomic E-state index is 2.49. The van der Waals surface area contributed by atoms with Crippen LogP contribution in [0.1, 0.15) is 150 Å². The van der Waals surface area contributed by atoms with Gasteiger partial charge in [0.2, 0.25) is 0 Å². The van der Waals surface area contributed by atoms with Crippen LogP contribution in [0.15, 0.2) is 0 Å². The van der Waals surface area contributed by atoms with Gasteiger partial charge in [-0.15, -0.1) is 0 Å². The second-order valence-corrected chi connectivity index (χ2v) is 9.56. The van der Waals surface area contributed by atoms with Gasteiger partial charge in [-0.1, -0.05) is 150 Å². The van der Waals surface area contributed by atoms with Crippen LogP contribution in [0.5, 0.6) is 0 Å². The quantitative estimate of drug-likeness (QED) is 0.188. The van der Waals surface area contributed by atoms with E-state index in [-0.39, 0.29) is 0 Å². The molecule has 0 radical (unpaired) electrons. The molecule has 158 valence electrons. The first-order valence-corrected chi connectivity index (χ1v) is 12.6. The van der Waals surface area contributed by atoms with Crippen molar-refractivity contribution in [1.82, 2.24) is 0 Å². The highest BCUT2D eigenvalue weighted by Crippen LogP contribution is 2.22. The first-order valence-electron chi connectivity index (χ1n) is 12.6. The fraction of sp³-hybridized carbons (Fsp3) is 1.00. The Bertz CT molecular complexity index is 257. The van der Waals surface area contributed by atoms with E-state index in [0.29, 0.717) is 0 Å². The SMILES string of the molecule is CCCCCCCCCCCCC(C)CCCC(C)CCCC(C)CC. The maximum atomic E-state index is 2.49. The normalized spacial score (nSPS) is 15.1. The van der Waals surface area contributed by atoms with Crippen molar-refractivity contribution in [2.24, 2.45) is 17.8 Å². The Balaban J connectivity index is 3.32. The Morgan fingerprint density at radius 3 is 1.15 bits per heavy atom. The number of hydrogen-bond acceptors (Lipinski definition) is 0. The smallest absolute Gasteiger partial charge is 0.0443 e. The molecule has 0 heterocycles. The Labute approximate surface area is 168 Å². The third kappa shape index (κ3) is 18.8. The van der Waals surface area contributed by atoms with Crippen molar-refractivity contribution in [2.45, 2.75) is 150 Å². The third-order valence-electron chi connectivity index (χ3n) is 6.54. The topological polar surface area (TPSA) is 0 Å². The van der Waals surface area contributed by atoms with E-state index in [1.54, 1.807) is 0 Å². The highest BCUT2D eigenvalue weighted by Gasteiger charge is 2.07. The summed E-state index contributed by atoms with van der Waals surface area (Å²) in [5.41, 5.74) is 0. The van der Waals surface area contributed by atoms with Gasteiger partial charge in [0.05, 0.1) is 0 Å². The molecule has 3 atom stereocenters. The van der Waals surface area contributed by atoms with Crippen LogP contribution < -0.4 is 0 Å². The molecule has 0 saturated heterocycles. The first-order chi connectivity index (χ1) is 12.6. The van der Waals surface area contributed by atoms with Crippen LogP contribution in [0.3, 0.4) is 0 Å². The molecular weight excluding hydrogens is 312 g/mol. The van der Waals surface area contributed by atoms with Crippen LogP contribution in [0.25, 0.3) is 0 Å². The van der Waals surface area contributed by atoms with E-state index in [1.165, 1.54) is 116 Å². The lowest BCUT2D eigenvalue weighted by molar-refractivity contribution is 0.380. The molecule has 0 spiro atoms. The van der Waals surface area contributed by atoms with Crippen LogP contribution in [-0.4, -0.2) is 0 Å². The molecule has 26 heavy (non-hydrogen) atoms. The predicted octanol–water partition coefficient (Wildman–Crippen LogP) is 9.96. The standard InChI is InChI=1S/C26H54/c1-6-8-9-10-11-12-13-14-15-16-19-25(4)22-18-23-26(5)21-17-20-24(3)7-2/h24-26H,6-23H2,1-5H3. The van der Waals surface area contributed by atoms with Crippen molar-refractivity contribution in [3.05, 3.63) is 0 Å². The van der Waals surface area contributed by atoms with Crippen molar-refractivity contribution in [2.75, 3.05) is 0 Å². The number of rotatable bonds is 20. The van der Waals surface area contributed by atoms with Crippen LogP contribution in [-0.2, 0) is 0 Å². The van der Waals surface area contributed by atoms with E-state index in [0.717, 1.165) is 17.8 Å². The van der Waals surface area contributed by atoms with E-state index in [4.69, 9.17) is 0 Å². The molecular formula is C26H54. The van der Waals surface area contributed by atoms with Gasteiger partial charge in [-0.3, -0.25) is 0 Å². The van der Waals surface area contributed by atoms with Crippen LogP contribution in [0.2, 0.25) is 0 Å². The van der Waals surface area contributed by atoms with E-state index < -0.39 is 0 Å². The summed E-state index contributed by atoms with van der Waals surface area (Å²) in [6.07, 6.45) is 26.2. The van der Waals surface area contributed by atoms with Crippen molar-refractivity contribution in [3.8, 4) is 0 Å². The lowest BCUT2D eigenvalue weighted by Crippen LogP contribution is -2.00. The Morgan fingerprint density at radius 2 is 0.731 bits per heavy atom. The first kappa shape index (κ1) is 26.0. The van der Waals surface area contributed by atoms with Gasteiger partial charge >= 0.3 is 0 Å². The Hall–Kier alpha value is 0. The lowest BCUT2D eigenvalue weighted by Gasteiger charge is -2.15. The molecule has 0 aliphatic rings. The van der Waals surface area contributed by atoms with Crippen molar-refractivity contribution >= 4 is 0 Å². The molecule has 0 N–H and O–H groups in total. The summed E-state index contributed by atoms with van der Waals surface area (Å²) < 4.78 is 0. The zero-order valence-corrected chi connectivity index (χ0v) is 19.5. The Morgan fingerprint density at radius 1 is 0.385 bits per heavy atom. The van der Waals surface area contributed by atoms with Crippen LogP contribution >= 0.6 is 0 Å². The molecule has 0 saturated carbocycles. The van der Waals surface area contributed by atoms with E-state index in [2.05, 4.69) is 34.6 Å². The molecule has 0 bridgehead atoms. The molecule has 0 aromatic heterocycles. The molecule has 0 aliphatic heterocycles. The molecule has 0 aliphatic carbocycles. The summed E-state index contributed by atoms with van der Waals surface area (Å²) in [5, 5.41) is 0. The lowest BCUT2D eigenvalue weighted by atomic mass is 9.91. The molecule has 0 amide bonds. The van der Waals surface area contributed by atoms with Gasteiger partial charge in [-0.05, 0) is 17.8 Å². The Kier molecular flexibility index (Phi) is 19.8. The summed E-state index contributed by atoms with van der Waals surface area (Å²) in [4.78, 5) is 0. The molecule has 3 unspecified atom stereocenters. The van der Waals surface area contributed by atoms with Gasteiger partial charge in [0.15, 0.2) is 0 Å². The monoisotopic (exact) mass is 366 g/mol. The number of unbranched alkanes of at least 4 members (excludes halogenated alkanes) is 9. The molecule has 0 rings (SSSR count). The van der Waals surface area contributed by atoms with Gasteiger partial charge in [0.25, 0.3) is 0 Å². The highest BCUT2D eigenvalue weighted by molar-refractivity contribution is 4.60. The second kappa shape index (κ2) is 19.8. The molecule has 0 nitrogen and oxygen atoms in total. The minimum absolute atomic E-state index is 0.934. The van der Waals surface area contributed by atoms with Crippen molar-refractivity contribution in [3.63, 3.8) is 0 Å². The second-order valence-electron chi connectivity index (χ2n) is 9.56. The summed E-state index contributed by atoms with van der Waals surface area (Å²) in [7, 11) is 0. The van der Waals surface area contributed by atoms with Crippen LogP contribution in [0.4, 0.5) is 0 Å². The van der Waals surface area contributed by atoms with E-state index in [1.807, 2.05) is 0 Å². The zero-order chi connectivity index (χ0) is 19.5. The van der Waals surface area contributed by atoms with E-state index >= 15 is 0 Å². The minimum Gasteiger partial charge on any atom is -0.0654 e. The third-order valence-corrected chi connectivity index (χ3v) is 6.54. The van der Waals surface area contributed by atoms with Crippen molar-refractivity contribution < 1.29 is 0 Å². The predicted molar refractivity (Wildman–Crippen MR) is 122 cm³/mol. The zero-order valence-electron chi connectivity index (χ0n) is 19.5. The fourth-order valence-electron chi connectivity index (χ4n) is 4.10. The largest absolute Gasteiger partial charge is 0.0654 e. The minimum atomic E-state index is 0.934. The summed E-state index contributed by atoms with van der Waals surface area (Å²) in [6.45, 7) is 12.0. The summed E-state index contributed by atoms with van der Waals surface area (Å²) in [6, 6.07) is 0. The molecule has 0 fully saturated rings. The van der Waals surface area contributed by atoms with Gasteiger partial charge in [-0.25, -0.2) is 0 Å². The summed E-state index contributed by atoms with van der Waals surface area (Å²) in [5.74, 6) is 2.84. The molecule has 0 heteroatoms.